The van der Waals surface area contributed by atoms with Gasteiger partial charge in [-0.25, -0.2) is 13.8 Å². The summed E-state index contributed by atoms with van der Waals surface area (Å²) in [6, 6.07) is 25.2. The van der Waals surface area contributed by atoms with Gasteiger partial charge in [0.25, 0.3) is 8.32 Å². The minimum Gasteiger partial charge on any atom is -0.401 e. The normalized spacial score (nSPS) is 17.1. The van der Waals surface area contributed by atoms with Crippen LogP contribution in [0.3, 0.4) is 0 Å². The van der Waals surface area contributed by atoms with Crippen molar-refractivity contribution in [1.82, 2.24) is 4.98 Å². The van der Waals surface area contributed by atoms with Crippen LogP contribution in [0.25, 0.3) is 0 Å². The molecule has 0 spiro atoms. The SMILES string of the molecule is C[C@@H]1CN(c2c(CO[Si](c3ccccc3)(c3ccccc3)C(C)(C)C)nc(C(=O)c3ccc(C#N)c(F)c3)c(F)c2Cl)C[C@H](C)O1. The summed E-state index contributed by atoms with van der Waals surface area (Å²) in [4.78, 5) is 20.2. The number of nitrogens with zero attached hydrogens (tertiary/aromatic N) is 3. The summed E-state index contributed by atoms with van der Waals surface area (Å²) >= 11 is 6.81. The molecule has 0 radical (unpaired) electrons. The number of rotatable bonds is 8. The molecule has 0 saturated carbocycles. The minimum atomic E-state index is -3.07. The van der Waals surface area contributed by atoms with Crippen LogP contribution in [-0.2, 0) is 15.8 Å². The molecule has 1 fully saturated rings. The van der Waals surface area contributed by atoms with E-state index in [-0.39, 0.29) is 45.7 Å². The van der Waals surface area contributed by atoms with Gasteiger partial charge in [-0.15, -0.1) is 0 Å². The number of pyridine rings is 1. The van der Waals surface area contributed by atoms with Gasteiger partial charge in [-0.2, -0.15) is 5.26 Å². The van der Waals surface area contributed by atoms with Crippen molar-refractivity contribution in [3.63, 3.8) is 0 Å². The maximum Gasteiger partial charge on any atom is 0.261 e. The predicted octanol–water partition coefficient (Wildman–Crippen LogP) is 6.81. The van der Waals surface area contributed by atoms with E-state index in [1.165, 1.54) is 12.1 Å². The standard InChI is InChI=1S/C36H36ClF2N3O3Si/c1-23-20-42(21-24(2)45-23)34-30(41-33(32(39)31(34)37)35(43)25-16-17-26(19-40)29(38)18-25)22-44-46(36(3,4)5,27-12-8-6-9-13-27)28-14-10-7-11-15-28/h6-18,23-24H,20-22H2,1-5H3/t23-,24+. The average molecular weight is 660 g/mol. The van der Waals surface area contributed by atoms with Gasteiger partial charge in [0.2, 0.25) is 5.78 Å². The maximum atomic E-state index is 16.1. The Morgan fingerprint density at radius 3 is 2.09 bits per heavy atom. The second kappa shape index (κ2) is 13.4. The Kier molecular flexibility index (Phi) is 9.75. The van der Waals surface area contributed by atoms with E-state index in [1.54, 1.807) is 6.07 Å². The van der Waals surface area contributed by atoms with Gasteiger partial charge in [-0.1, -0.05) is 93.0 Å². The third kappa shape index (κ3) is 6.36. The van der Waals surface area contributed by atoms with Gasteiger partial charge in [0, 0.05) is 18.7 Å². The van der Waals surface area contributed by atoms with Crippen molar-refractivity contribution in [2.45, 2.75) is 58.5 Å². The Labute approximate surface area is 274 Å². The monoisotopic (exact) mass is 659 g/mol. The van der Waals surface area contributed by atoms with Crippen LogP contribution in [0.2, 0.25) is 10.1 Å². The molecule has 0 aliphatic carbocycles. The molecule has 0 unspecified atom stereocenters. The van der Waals surface area contributed by atoms with Crippen molar-refractivity contribution < 1.29 is 22.7 Å². The number of hydrogen-bond donors (Lipinski definition) is 0. The van der Waals surface area contributed by atoms with Crippen molar-refractivity contribution in [2.75, 3.05) is 18.0 Å². The second-order valence-electron chi connectivity index (χ2n) is 12.6. The van der Waals surface area contributed by atoms with Gasteiger partial charge in [0.15, 0.2) is 5.82 Å². The zero-order valence-corrected chi connectivity index (χ0v) is 28.2. The molecule has 238 valence electrons. The van der Waals surface area contributed by atoms with E-state index in [4.69, 9.17) is 26.0 Å². The summed E-state index contributed by atoms with van der Waals surface area (Å²) in [5.74, 6) is -2.75. The third-order valence-electron chi connectivity index (χ3n) is 8.27. The number of nitriles is 1. The fraction of sp³-hybridized carbons (Fsp3) is 0.306. The van der Waals surface area contributed by atoms with Gasteiger partial charge in [-0.3, -0.25) is 4.79 Å². The summed E-state index contributed by atoms with van der Waals surface area (Å²) in [6.07, 6.45) is -0.340. The first-order valence-corrected chi connectivity index (χ1v) is 17.4. The van der Waals surface area contributed by atoms with Crippen molar-refractivity contribution in [1.29, 1.82) is 5.26 Å². The predicted molar refractivity (Wildman–Crippen MR) is 178 cm³/mol. The number of benzene rings is 3. The summed E-state index contributed by atoms with van der Waals surface area (Å²) in [6.45, 7) is 11.1. The smallest absolute Gasteiger partial charge is 0.261 e. The van der Waals surface area contributed by atoms with Crippen LogP contribution in [0, 0.1) is 23.0 Å². The number of morpholine rings is 1. The van der Waals surface area contributed by atoms with Gasteiger partial charge < -0.3 is 14.1 Å². The number of aromatic nitrogens is 1. The zero-order chi connectivity index (χ0) is 33.2. The maximum absolute atomic E-state index is 16.1. The Morgan fingerprint density at radius 2 is 1.59 bits per heavy atom. The van der Waals surface area contributed by atoms with Crippen LogP contribution in [0.15, 0.2) is 78.9 Å². The molecule has 0 N–H and O–H groups in total. The molecule has 1 saturated heterocycles. The number of ether oxygens (including phenoxy) is 1. The summed E-state index contributed by atoms with van der Waals surface area (Å²) in [5, 5.41) is 10.6. The highest BCUT2D eigenvalue weighted by molar-refractivity contribution is 6.99. The van der Waals surface area contributed by atoms with E-state index in [1.807, 2.05) is 55.1 Å². The van der Waals surface area contributed by atoms with Crippen molar-refractivity contribution in [3.05, 3.63) is 118 Å². The topological polar surface area (TPSA) is 75.5 Å². The molecule has 0 bridgehead atoms. The van der Waals surface area contributed by atoms with E-state index in [0.29, 0.717) is 18.8 Å². The molecular weight excluding hydrogens is 624 g/mol. The van der Waals surface area contributed by atoms with Crippen molar-refractivity contribution in [3.8, 4) is 6.07 Å². The van der Waals surface area contributed by atoms with E-state index in [0.717, 1.165) is 16.4 Å². The summed E-state index contributed by atoms with van der Waals surface area (Å²) in [7, 11) is -3.07. The first-order valence-electron chi connectivity index (χ1n) is 15.1. The number of hydrogen-bond acceptors (Lipinski definition) is 6. The molecule has 3 aromatic carbocycles. The van der Waals surface area contributed by atoms with Crippen molar-refractivity contribution >= 4 is 41.8 Å². The van der Waals surface area contributed by atoms with Crippen LogP contribution in [0.5, 0.6) is 0 Å². The molecule has 1 aliphatic rings. The van der Waals surface area contributed by atoms with E-state index < -0.39 is 31.4 Å². The molecule has 5 rings (SSSR count). The summed E-state index contributed by atoms with van der Waals surface area (Å²) in [5.41, 5.74) is -0.305. The van der Waals surface area contributed by atoms with E-state index in [9.17, 15) is 9.18 Å². The first kappa shape index (κ1) is 33.4. The third-order valence-corrected chi connectivity index (χ3v) is 13.6. The largest absolute Gasteiger partial charge is 0.401 e. The molecule has 4 aromatic rings. The number of carbonyl (C=O) groups excluding carboxylic acids is 1. The Balaban J connectivity index is 1.68. The minimum absolute atomic E-state index is 0.0786. The Hall–Kier alpha value is -3.94. The lowest BCUT2D eigenvalue weighted by atomic mass is 10.0. The Bertz CT molecular complexity index is 1730. The lowest BCUT2D eigenvalue weighted by molar-refractivity contribution is -0.00535. The number of ketones is 1. The highest BCUT2D eigenvalue weighted by Crippen LogP contribution is 2.40. The van der Waals surface area contributed by atoms with Crippen LogP contribution in [0.4, 0.5) is 14.5 Å². The highest BCUT2D eigenvalue weighted by Gasteiger charge is 2.50. The lowest BCUT2D eigenvalue weighted by Crippen LogP contribution is -2.66. The van der Waals surface area contributed by atoms with Gasteiger partial charge in [0.1, 0.15) is 22.6 Å². The molecule has 46 heavy (non-hydrogen) atoms. The summed E-state index contributed by atoms with van der Waals surface area (Å²) < 4.78 is 43.7. The van der Waals surface area contributed by atoms with Gasteiger partial charge in [-0.05, 0) is 47.5 Å². The molecular formula is C36H36ClF2N3O3Si. The molecule has 2 heterocycles. The fourth-order valence-electron chi connectivity index (χ4n) is 6.33. The molecule has 0 amide bonds. The molecule has 1 aromatic heterocycles. The number of carbonyl (C=O) groups is 1. The quantitative estimate of drug-likeness (QED) is 0.153. The lowest BCUT2D eigenvalue weighted by Gasteiger charge is -2.43. The van der Waals surface area contributed by atoms with Gasteiger partial charge >= 0.3 is 0 Å². The van der Waals surface area contributed by atoms with Crippen LogP contribution < -0.4 is 15.3 Å². The van der Waals surface area contributed by atoms with E-state index in [2.05, 4.69) is 50.0 Å². The number of anilines is 1. The van der Waals surface area contributed by atoms with Crippen LogP contribution in [-0.4, -0.2) is 44.4 Å². The molecule has 1 aliphatic heterocycles. The van der Waals surface area contributed by atoms with Crippen molar-refractivity contribution in [2.24, 2.45) is 0 Å². The van der Waals surface area contributed by atoms with Crippen LogP contribution in [0.1, 0.15) is 61.9 Å². The number of halogens is 3. The molecule has 2 atom stereocenters. The van der Waals surface area contributed by atoms with E-state index >= 15 is 4.39 Å². The second-order valence-corrected chi connectivity index (χ2v) is 17.3. The average Bonchev–Trinajstić information content (AvgIpc) is 3.02. The van der Waals surface area contributed by atoms with Crippen LogP contribution >= 0.6 is 11.6 Å². The highest BCUT2D eigenvalue weighted by atomic mass is 35.5. The van der Waals surface area contributed by atoms with Gasteiger partial charge in [0.05, 0.1) is 35.8 Å². The Morgan fingerprint density at radius 1 is 1.02 bits per heavy atom. The fourth-order valence-corrected chi connectivity index (χ4v) is 11.2. The molecule has 10 heteroatoms. The first-order chi connectivity index (χ1) is 21.9. The zero-order valence-electron chi connectivity index (χ0n) is 26.5. The molecule has 6 nitrogen and oxygen atoms in total.